The monoisotopic (exact) mass is 346 g/mol. The van der Waals surface area contributed by atoms with Gasteiger partial charge in [0.15, 0.2) is 11.5 Å². The summed E-state index contributed by atoms with van der Waals surface area (Å²) in [6, 6.07) is 5.80. The van der Waals surface area contributed by atoms with Crippen LogP contribution in [0.5, 0.6) is 11.5 Å². The molecule has 0 radical (unpaired) electrons. The molecule has 0 saturated carbocycles. The molecule has 128 valence electrons. The fourth-order valence-electron chi connectivity index (χ4n) is 2.77. The Morgan fingerprint density at radius 3 is 2.79 bits per heavy atom. The van der Waals surface area contributed by atoms with Crippen LogP contribution in [0.15, 0.2) is 23.6 Å². The van der Waals surface area contributed by atoms with Crippen molar-refractivity contribution in [3.8, 4) is 11.5 Å². The number of nitrogens with zero attached hydrogens (tertiary/aromatic N) is 2. The highest BCUT2D eigenvalue weighted by Gasteiger charge is 2.20. The highest BCUT2D eigenvalue weighted by molar-refractivity contribution is 7.09. The smallest absolute Gasteiger partial charge is 0.273 e. The zero-order valence-electron chi connectivity index (χ0n) is 14.1. The van der Waals surface area contributed by atoms with Gasteiger partial charge >= 0.3 is 0 Å². The van der Waals surface area contributed by atoms with Crippen LogP contribution < -0.4 is 9.47 Å². The first-order chi connectivity index (χ1) is 11.7. The maximum atomic E-state index is 12.4. The third-order valence-corrected chi connectivity index (χ3v) is 4.91. The van der Waals surface area contributed by atoms with Crippen LogP contribution in [0.2, 0.25) is 0 Å². The topological polar surface area (TPSA) is 51.7 Å². The van der Waals surface area contributed by atoms with E-state index in [4.69, 9.17) is 9.47 Å². The Hall–Kier alpha value is -2.08. The molecule has 6 heteroatoms. The summed E-state index contributed by atoms with van der Waals surface area (Å²) in [5.74, 6) is 1.42. The van der Waals surface area contributed by atoms with Crippen molar-refractivity contribution in [2.24, 2.45) is 0 Å². The maximum Gasteiger partial charge on any atom is 0.273 e. The molecule has 5 nitrogen and oxygen atoms in total. The minimum atomic E-state index is 0.0325. The first-order valence-electron chi connectivity index (χ1n) is 8.18. The maximum absolute atomic E-state index is 12.4. The van der Waals surface area contributed by atoms with Gasteiger partial charge < -0.3 is 14.4 Å². The number of aromatic nitrogens is 1. The number of piperidine rings is 1. The lowest BCUT2D eigenvalue weighted by Gasteiger charge is -2.25. The molecule has 0 unspecified atom stereocenters. The van der Waals surface area contributed by atoms with Crippen molar-refractivity contribution in [3.63, 3.8) is 0 Å². The van der Waals surface area contributed by atoms with E-state index in [1.807, 2.05) is 35.4 Å². The molecule has 0 atom stereocenters. The van der Waals surface area contributed by atoms with Crippen LogP contribution in [0, 0.1) is 6.92 Å². The first kappa shape index (κ1) is 16.8. The Balaban J connectivity index is 1.63. The predicted octanol–water partition coefficient (Wildman–Crippen LogP) is 3.67. The number of carbonyl (C=O) groups is 1. The van der Waals surface area contributed by atoms with Crippen LogP contribution in [0.25, 0.3) is 0 Å². The van der Waals surface area contributed by atoms with Crippen LogP contribution >= 0.6 is 11.3 Å². The minimum absolute atomic E-state index is 0.0325. The van der Waals surface area contributed by atoms with Gasteiger partial charge in [-0.1, -0.05) is 6.07 Å². The molecule has 0 aliphatic carbocycles. The molecule has 1 aliphatic heterocycles. The van der Waals surface area contributed by atoms with E-state index in [9.17, 15) is 4.79 Å². The lowest BCUT2D eigenvalue weighted by Crippen LogP contribution is -2.35. The van der Waals surface area contributed by atoms with E-state index in [-0.39, 0.29) is 5.91 Å². The Kier molecular flexibility index (Phi) is 5.35. The molecule has 0 bridgehead atoms. The molecule has 1 amide bonds. The Morgan fingerprint density at radius 1 is 1.25 bits per heavy atom. The van der Waals surface area contributed by atoms with Gasteiger partial charge in [0.1, 0.15) is 17.3 Å². The number of aryl methyl sites for hydroxylation is 1. The van der Waals surface area contributed by atoms with Gasteiger partial charge in [-0.3, -0.25) is 4.79 Å². The Labute approximate surface area is 146 Å². The van der Waals surface area contributed by atoms with E-state index in [1.165, 1.54) is 17.8 Å². The number of thiazole rings is 1. The number of ether oxygens (including phenoxy) is 2. The molecular weight excluding hydrogens is 324 g/mol. The van der Waals surface area contributed by atoms with Crippen molar-refractivity contribution in [3.05, 3.63) is 39.8 Å². The molecule has 0 spiro atoms. The quantitative estimate of drug-likeness (QED) is 0.829. The minimum Gasteiger partial charge on any atom is -0.493 e. The van der Waals surface area contributed by atoms with Crippen LogP contribution in [0.4, 0.5) is 0 Å². The van der Waals surface area contributed by atoms with Crippen molar-refractivity contribution in [1.82, 2.24) is 9.88 Å². The summed E-state index contributed by atoms with van der Waals surface area (Å²) in [6.07, 6.45) is 3.37. The lowest BCUT2D eigenvalue weighted by atomic mass is 10.1. The van der Waals surface area contributed by atoms with Crippen LogP contribution in [-0.2, 0) is 6.61 Å². The number of benzene rings is 1. The summed E-state index contributed by atoms with van der Waals surface area (Å²) in [5.41, 5.74) is 1.64. The SMILES string of the molecule is COc1cc(C)ccc1OCc1nc(C(=O)N2CCCCC2)cs1. The third kappa shape index (κ3) is 3.87. The molecule has 24 heavy (non-hydrogen) atoms. The van der Waals surface area contributed by atoms with E-state index >= 15 is 0 Å². The van der Waals surface area contributed by atoms with Crippen molar-refractivity contribution < 1.29 is 14.3 Å². The highest BCUT2D eigenvalue weighted by atomic mass is 32.1. The molecular formula is C18H22N2O3S. The van der Waals surface area contributed by atoms with E-state index < -0.39 is 0 Å². The van der Waals surface area contributed by atoms with Crippen molar-refractivity contribution in [2.75, 3.05) is 20.2 Å². The second kappa shape index (κ2) is 7.66. The number of rotatable bonds is 5. The van der Waals surface area contributed by atoms with Crippen LogP contribution in [0.1, 0.15) is 40.3 Å². The zero-order valence-corrected chi connectivity index (χ0v) is 14.9. The normalized spacial score (nSPS) is 14.5. The standard InChI is InChI=1S/C18H22N2O3S/c1-13-6-7-15(16(10-13)22-2)23-11-17-19-14(12-24-17)18(21)20-8-4-3-5-9-20/h6-7,10,12H,3-5,8-9,11H2,1-2H3. The van der Waals surface area contributed by atoms with Crippen molar-refractivity contribution >= 4 is 17.2 Å². The average Bonchev–Trinajstić information content (AvgIpc) is 3.09. The van der Waals surface area contributed by atoms with Gasteiger partial charge in [-0.2, -0.15) is 0 Å². The van der Waals surface area contributed by atoms with Crippen LogP contribution in [-0.4, -0.2) is 36.0 Å². The number of amides is 1. The van der Waals surface area contributed by atoms with E-state index in [0.29, 0.717) is 23.8 Å². The average molecular weight is 346 g/mol. The molecule has 1 aromatic carbocycles. The number of hydrogen-bond donors (Lipinski definition) is 0. The van der Waals surface area contributed by atoms with E-state index in [1.54, 1.807) is 7.11 Å². The van der Waals surface area contributed by atoms with E-state index in [0.717, 1.165) is 36.5 Å². The van der Waals surface area contributed by atoms with Gasteiger partial charge in [0.2, 0.25) is 0 Å². The van der Waals surface area contributed by atoms with Gasteiger partial charge in [-0.25, -0.2) is 4.98 Å². The zero-order chi connectivity index (χ0) is 16.9. The summed E-state index contributed by atoms with van der Waals surface area (Å²) in [7, 11) is 1.63. The fraction of sp³-hybridized carbons (Fsp3) is 0.444. The van der Waals surface area contributed by atoms with Gasteiger partial charge in [0, 0.05) is 18.5 Å². The molecule has 3 rings (SSSR count). The van der Waals surface area contributed by atoms with Crippen molar-refractivity contribution in [1.29, 1.82) is 0 Å². The van der Waals surface area contributed by atoms with Crippen LogP contribution in [0.3, 0.4) is 0 Å². The molecule has 2 heterocycles. The fourth-order valence-corrected chi connectivity index (χ4v) is 3.45. The summed E-state index contributed by atoms with van der Waals surface area (Å²) in [6.45, 7) is 4.01. The first-order valence-corrected chi connectivity index (χ1v) is 9.06. The summed E-state index contributed by atoms with van der Waals surface area (Å²) >= 11 is 1.45. The van der Waals surface area contributed by atoms with Gasteiger partial charge in [0.05, 0.1) is 7.11 Å². The summed E-state index contributed by atoms with van der Waals surface area (Å²) in [4.78, 5) is 18.8. The van der Waals surface area contributed by atoms with Gasteiger partial charge in [-0.05, 0) is 43.9 Å². The molecule has 1 saturated heterocycles. The molecule has 1 aromatic heterocycles. The lowest BCUT2D eigenvalue weighted by molar-refractivity contribution is 0.0719. The number of likely N-dealkylation sites (tertiary alicyclic amines) is 1. The van der Waals surface area contributed by atoms with Gasteiger partial charge in [0.25, 0.3) is 5.91 Å². The third-order valence-electron chi connectivity index (χ3n) is 4.08. The second-order valence-corrected chi connectivity index (χ2v) is 6.86. The molecule has 2 aromatic rings. The van der Waals surface area contributed by atoms with Crippen molar-refractivity contribution in [2.45, 2.75) is 32.8 Å². The second-order valence-electron chi connectivity index (χ2n) is 5.92. The molecule has 1 fully saturated rings. The number of hydrogen-bond acceptors (Lipinski definition) is 5. The van der Waals surface area contributed by atoms with Gasteiger partial charge in [-0.15, -0.1) is 11.3 Å². The highest BCUT2D eigenvalue weighted by Crippen LogP contribution is 2.29. The Bertz CT molecular complexity index is 708. The summed E-state index contributed by atoms with van der Waals surface area (Å²) < 4.78 is 11.1. The number of methoxy groups -OCH3 is 1. The molecule has 0 N–H and O–H groups in total. The largest absolute Gasteiger partial charge is 0.493 e. The summed E-state index contributed by atoms with van der Waals surface area (Å²) in [5, 5.41) is 2.61. The Morgan fingerprint density at radius 2 is 2.04 bits per heavy atom. The number of carbonyl (C=O) groups excluding carboxylic acids is 1. The predicted molar refractivity (Wildman–Crippen MR) is 93.9 cm³/mol. The van der Waals surface area contributed by atoms with E-state index in [2.05, 4.69) is 4.98 Å². The molecule has 1 aliphatic rings.